The van der Waals surface area contributed by atoms with Crippen molar-refractivity contribution in [3.63, 3.8) is 0 Å². The van der Waals surface area contributed by atoms with Gasteiger partial charge < -0.3 is 9.47 Å². The molecule has 1 aromatic carbocycles. The normalized spacial score (nSPS) is 8.94. The van der Waals surface area contributed by atoms with Crippen molar-refractivity contribution in [1.29, 1.82) is 0 Å². The zero-order valence-electron chi connectivity index (χ0n) is 8.35. The predicted molar refractivity (Wildman–Crippen MR) is 54.2 cm³/mol. The summed E-state index contributed by atoms with van der Waals surface area (Å²) in [6, 6.07) is 4.84. The number of hydrogen-bond acceptors (Lipinski definition) is 6. The van der Waals surface area contributed by atoms with E-state index in [1.165, 1.54) is 24.3 Å². The number of rotatable bonds is 4. The Balaban J connectivity index is 2.54. The first-order chi connectivity index (χ1) is 8.13. The minimum absolute atomic E-state index is 0.0848. The highest BCUT2D eigenvalue weighted by Crippen LogP contribution is 2.17. The van der Waals surface area contributed by atoms with Crippen molar-refractivity contribution in [1.82, 2.24) is 0 Å². The van der Waals surface area contributed by atoms with E-state index in [2.05, 4.69) is 19.5 Å². The maximum absolute atomic E-state index is 10.9. The van der Waals surface area contributed by atoms with Crippen LogP contribution in [0.2, 0.25) is 0 Å². The summed E-state index contributed by atoms with van der Waals surface area (Å²) in [6.45, 7) is -0.484. The first kappa shape index (κ1) is 12.3. The lowest BCUT2D eigenvalue weighted by Gasteiger charge is -2.02. The molecule has 0 N–H and O–H groups in total. The third kappa shape index (κ3) is 4.06. The first-order valence-corrected chi connectivity index (χ1v) is 4.23. The largest absolute Gasteiger partial charge is 0.513 e. The average molecular weight is 238 g/mol. The Bertz CT molecular complexity index is 465. The molecule has 0 atom stereocenters. The van der Waals surface area contributed by atoms with Crippen LogP contribution in [0.3, 0.4) is 0 Å². The summed E-state index contributed by atoms with van der Waals surface area (Å²) in [5, 5.41) is 13.3. The fraction of sp³-hybridized carbons (Fsp3) is 0.125. The zero-order chi connectivity index (χ0) is 12.7. The number of non-ortho nitro benzene ring substituents is 1. The second-order valence-corrected chi connectivity index (χ2v) is 2.61. The van der Waals surface area contributed by atoms with Crippen molar-refractivity contribution in [2.45, 2.75) is 0 Å². The van der Waals surface area contributed by atoms with Crippen LogP contribution >= 0.6 is 0 Å². The minimum atomic E-state index is -1.06. The van der Waals surface area contributed by atoms with Crippen molar-refractivity contribution < 1.29 is 19.2 Å². The summed E-state index contributed by atoms with van der Waals surface area (Å²) in [6.07, 6.45) is -1.06. The smallest absolute Gasteiger partial charge is 0.428 e. The van der Waals surface area contributed by atoms with Crippen molar-refractivity contribution in [2.24, 2.45) is 5.11 Å². The van der Waals surface area contributed by atoms with Crippen molar-refractivity contribution in [3.05, 3.63) is 44.8 Å². The molecule has 0 unspecified atom stereocenters. The number of hydrogen-bond donors (Lipinski definition) is 0. The third-order valence-corrected chi connectivity index (χ3v) is 1.55. The molecule has 9 nitrogen and oxygen atoms in total. The van der Waals surface area contributed by atoms with Gasteiger partial charge in [0.2, 0.25) is 0 Å². The Morgan fingerprint density at radius 2 is 2.12 bits per heavy atom. The second-order valence-electron chi connectivity index (χ2n) is 2.61. The molecule has 0 aliphatic carbocycles. The number of ether oxygens (including phenoxy) is 2. The molecule has 0 saturated carbocycles. The quantitative estimate of drug-likeness (QED) is 0.151. The summed E-state index contributed by atoms with van der Waals surface area (Å²) < 4.78 is 8.98. The fourth-order valence-corrected chi connectivity index (χ4v) is 0.869. The molecule has 0 heterocycles. The van der Waals surface area contributed by atoms with Gasteiger partial charge in [-0.05, 0) is 17.7 Å². The molecule has 1 rings (SSSR count). The standard InChI is InChI=1S/C8H6N4O5/c9-11-10-5-16-8(13)17-7-3-1-6(2-4-7)12(14)15/h1-4H,5H2. The first-order valence-electron chi connectivity index (χ1n) is 4.23. The van der Waals surface area contributed by atoms with Crippen LogP contribution in [0.25, 0.3) is 10.4 Å². The summed E-state index contributed by atoms with van der Waals surface area (Å²) in [4.78, 5) is 23.1. The molecule has 88 valence electrons. The van der Waals surface area contributed by atoms with Gasteiger partial charge >= 0.3 is 6.16 Å². The molecule has 17 heavy (non-hydrogen) atoms. The van der Waals surface area contributed by atoms with Gasteiger partial charge in [0.1, 0.15) is 5.75 Å². The monoisotopic (exact) mass is 238 g/mol. The van der Waals surface area contributed by atoms with Crippen LogP contribution in [-0.2, 0) is 4.74 Å². The Hall–Kier alpha value is -2.80. The number of azide groups is 1. The number of nitro benzene ring substituents is 1. The molecule has 0 bridgehead atoms. The van der Waals surface area contributed by atoms with E-state index >= 15 is 0 Å². The molecular formula is C8H6N4O5. The van der Waals surface area contributed by atoms with E-state index in [1.54, 1.807) is 0 Å². The van der Waals surface area contributed by atoms with Crippen molar-refractivity contribution >= 4 is 11.8 Å². The van der Waals surface area contributed by atoms with Crippen LogP contribution in [0.1, 0.15) is 0 Å². The molecule has 0 radical (unpaired) electrons. The van der Waals surface area contributed by atoms with E-state index in [0.29, 0.717) is 0 Å². The molecule has 0 aliphatic heterocycles. The molecule has 0 saturated heterocycles. The summed E-state index contributed by atoms with van der Waals surface area (Å²) >= 11 is 0. The Kier molecular flexibility index (Phi) is 4.28. The van der Waals surface area contributed by atoms with E-state index in [4.69, 9.17) is 5.53 Å². The summed E-state index contributed by atoms with van der Waals surface area (Å²) in [5.74, 6) is 0.0848. The van der Waals surface area contributed by atoms with Gasteiger partial charge in [0.25, 0.3) is 5.69 Å². The molecule has 0 aliphatic rings. The second kappa shape index (κ2) is 5.93. The van der Waals surface area contributed by atoms with Crippen LogP contribution < -0.4 is 4.74 Å². The van der Waals surface area contributed by atoms with E-state index in [1.807, 2.05) is 0 Å². The number of nitrogens with zero attached hydrogens (tertiary/aromatic N) is 4. The van der Waals surface area contributed by atoms with Crippen molar-refractivity contribution in [2.75, 3.05) is 6.73 Å². The molecular weight excluding hydrogens is 232 g/mol. The van der Waals surface area contributed by atoms with Gasteiger partial charge in [0, 0.05) is 17.0 Å². The fourth-order valence-electron chi connectivity index (χ4n) is 0.869. The lowest BCUT2D eigenvalue weighted by molar-refractivity contribution is -0.384. The van der Waals surface area contributed by atoms with Gasteiger partial charge in [-0.2, -0.15) is 0 Å². The minimum Gasteiger partial charge on any atom is -0.428 e. The van der Waals surface area contributed by atoms with Gasteiger partial charge in [-0.1, -0.05) is 5.11 Å². The van der Waals surface area contributed by atoms with Gasteiger partial charge in [0.05, 0.1) is 4.92 Å². The van der Waals surface area contributed by atoms with E-state index in [0.717, 1.165) is 0 Å². The molecule has 0 aromatic heterocycles. The maximum atomic E-state index is 10.9. The van der Waals surface area contributed by atoms with Crippen LogP contribution in [0.5, 0.6) is 5.75 Å². The van der Waals surface area contributed by atoms with Gasteiger partial charge in [-0.3, -0.25) is 10.1 Å². The Morgan fingerprint density at radius 3 is 2.65 bits per heavy atom. The van der Waals surface area contributed by atoms with E-state index in [-0.39, 0.29) is 11.4 Å². The molecule has 0 amide bonds. The van der Waals surface area contributed by atoms with Crippen LogP contribution in [-0.4, -0.2) is 17.8 Å². The van der Waals surface area contributed by atoms with E-state index in [9.17, 15) is 14.9 Å². The molecule has 0 fully saturated rings. The summed E-state index contributed by atoms with van der Waals surface area (Å²) in [7, 11) is 0. The van der Waals surface area contributed by atoms with E-state index < -0.39 is 17.8 Å². The number of benzene rings is 1. The van der Waals surface area contributed by atoms with Crippen LogP contribution in [0.4, 0.5) is 10.5 Å². The van der Waals surface area contributed by atoms with Gasteiger partial charge in [-0.25, -0.2) is 4.79 Å². The highest BCUT2D eigenvalue weighted by Gasteiger charge is 2.08. The highest BCUT2D eigenvalue weighted by molar-refractivity contribution is 5.63. The number of carbonyl (C=O) groups excluding carboxylic acids is 1. The number of carbonyl (C=O) groups is 1. The lowest BCUT2D eigenvalue weighted by atomic mass is 10.3. The van der Waals surface area contributed by atoms with Crippen LogP contribution in [0, 0.1) is 10.1 Å². The van der Waals surface area contributed by atoms with Crippen LogP contribution in [0.15, 0.2) is 29.4 Å². The van der Waals surface area contributed by atoms with Gasteiger partial charge in [0.15, 0.2) is 6.73 Å². The maximum Gasteiger partial charge on any atom is 0.513 e. The molecule has 0 spiro atoms. The Morgan fingerprint density at radius 1 is 1.47 bits per heavy atom. The summed E-state index contributed by atoms with van der Waals surface area (Å²) in [5.41, 5.74) is 7.79. The molecule has 1 aromatic rings. The topological polar surface area (TPSA) is 127 Å². The highest BCUT2D eigenvalue weighted by atomic mass is 16.7. The van der Waals surface area contributed by atoms with Gasteiger partial charge in [-0.15, -0.1) is 0 Å². The third-order valence-electron chi connectivity index (χ3n) is 1.55. The molecule has 9 heteroatoms. The SMILES string of the molecule is [N-]=[N+]=NCOC(=O)Oc1ccc([N+](=O)[O-])cc1. The average Bonchev–Trinajstić information content (AvgIpc) is 2.30. The predicted octanol–water partition coefficient (Wildman–Crippen LogP) is 2.38. The lowest BCUT2D eigenvalue weighted by Crippen LogP contribution is -2.10. The van der Waals surface area contributed by atoms with Crippen molar-refractivity contribution in [3.8, 4) is 5.75 Å². The number of nitro groups is 1. The zero-order valence-corrected chi connectivity index (χ0v) is 8.35. The Labute approximate surface area is 94.3 Å².